The van der Waals surface area contributed by atoms with Gasteiger partial charge in [0.25, 0.3) is 0 Å². The third-order valence-electron chi connectivity index (χ3n) is 27.1. The van der Waals surface area contributed by atoms with E-state index >= 15 is 0 Å². The number of carbonyl (C=O) groups is 4. The second kappa shape index (κ2) is 31.2. The molecule has 4 heterocycles. The Morgan fingerprint density at radius 1 is 0.318 bits per heavy atom. The van der Waals surface area contributed by atoms with Crippen molar-refractivity contribution in [1.29, 1.82) is 0 Å². The molecule has 16 nitrogen and oxygen atoms in total. The van der Waals surface area contributed by atoms with E-state index in [2.05, 4.69) is 55.4 Å². The molecule has 28 atom stereocenters. The zero-order valence-corrected chi connectivity index (χ0v) is 55.3. The zero-order chi connectivity index (χ0) is 61.6. The average molecular weight is 1240 g/mol. The lowest BCUT2D eigenvalue weighted by Crippen LogP contribution is -2.39. The van der Waals surface area contributed by atoms with Gasteiger partial charge in [-0.2, -0.15) is 0 Å². The molecule has 16 heteroatoms. The first kappa shape index (κ1) is 67.0. The largest absolute Gasteiger partial charge is 0.463 e. The summed E-state index contributed by atoms with van der Waals surface area (Å²) in [4.78, 5) is 47.6. The van der Waals surface area contributed by atoms with Crippen molar-refractivity contribution in [3.63, 3.8) is 0 Å². The molecule has 4 saturated heterocycles. The van der Waals surface area contributed by atoms with E-state index in [1.165, 1.54) is 83.5 Å². The Kier molecular flexibility index (Phi) is 23.8. The van der Waals surface area contributed by atoms with E-state index in [4.69, 9.17) is 56.8 Å². The van der Waals surface area contributed by atoms with E-state index in [-0.39, 0.29) is 48.3 Å². The van der Waals surface area contributed by atoms with Crippen LogP contribution >= 0.6 is 0 Å². The molecule has 14 aliphatic rings. The predicted molar refractivity (Wildman–Crippen MR) is 328 cm³/mol. The van der Waals surface area contributed by atoms with Gasteiger partial charge >= 0.3 is 23.9 Å². The van der Waals surface area contributed by atoms with Crippen LogP contribution in [0.25, 0.3) is 0 Å². The third kappa shape index (κ3) is 16.0. The minimum absolute atomic E-state index is 0.0239. The Morgan fingerprint density at radius 3 is 1.08 bits per heavy atom. The van der Waals surface area contributed by atoms with Crippen LogP contribution in [0.5, 0.6) is 0 Å². The molecule has 14 rings (SSSR count). The molecule has 88 heavy (non-hydrogen) atoms. The van der Waals surface area contributed by atoms with Crippen LogP contribution in [0, 0.1) is 142 Å². The molecule has 0 spiro atoms. The van der Waals surface area contributed by atoms with Crippen molar-refractivity contribution in [3.8, 4) is 0 Å². The molecule has 0 aromatic carbocycles. The summed E-state index contributed by atoms with van der Waals surface area (Å²) in [6, 6.07) is 0. The minimum atomic E-state index is -0.0959. The molecule has 10 saturated carbocycles. The van der Waals surface area contributed by atoms with Crippen LogP contribution in [0.2, 0.25) is 0 Å². The number of hydrogen-bond donors (Lipinski definition) is 0. The summed E-state index contributed by atoms with van der Waals surface area (Å²) >= 11 is 0. The zero-order valence-electron chi connectivity index (χ0n) is 55.3. The van der Waals surface area contributed by atoms with Crippen LogP contribution in [0.3, 0.4) is 0 Å². The van der Waals surface area contributed by atoms with E-state index < -0.39 is 0 Å². The quantitative estimate of drug-likeness (QED) is 0.0408. The molecule has 0 radical (unpaired) electrons. The van der Waals surface area contributed by atoms with Crippen molar-refractivity contribution in [2.75, 3.05) is 80.0 Å². The molecular weight excluding hydrogens is 1120 g/mol. The molecule has 10 bridgehead atoms. The lowest BCUT2D eigenvalue weighted by molar-refractivity contribution is -0.149. The summed E-state index contributed by atoms with van der Waals surface area (Å²) in [7, 11) is 0. The van der Waals surface area contributed by atoms with Crippen LogP contribution < -0.4 is 0 Å². The first-order valence-electron chi connectivity index (χ1n) is 36.0. The summed E-state index contributed by atoms with van der Waals surface area (Å²) in [6.07, 6.45) is 22.7. The number of rotatable bonds is 23. The fourth-order valence-corrected chi connectivity index (χ4v) is 21.6. The standard InChI is InChI=1S/C20H30O4.C20H34O4.C17H28O4.C15H24O4/c1-10-11(2)16-6-15(10)19-13-3-12(17(4-13)20(16)19)5-18(21)23-8-14-7-22-9-24-14;1-14-15(2)19-10-17(14)9-16(19)7-5-3-4-6-8-20(21)23-12-18-11-22-13-24-18;1-11-12(2)16-7-14(11)6-13(16)4-3-5-17(18)20-9-15-8-19-10-21-15;1-9-10(2)14-4-11(9)3-12(14)5-15(16)18-7-13-6-17-8-19-13/h10-17,19-20H,3-9H2,1-2H3;14-19H,3-13H2,1-2H3;11-16H,3-10H2,1-2H3;9-14H,3-8H2,1-2H3. The number of hydrogen-bond acceptors (Lipinski definition) is 16. The van der Waals surface area contributed by atoms with E-state index in [1.807, 2.05) is 0 Å². The highest BCUT2D eigenvalue weighted by Crippen LogP contribution is 2.72. The van der Waals surface area contributed by atoms with Gasteiger partial charge in [0.2, 0.25) is 0 Å². The average Bonchev–Trinajstić information content (AvgIpc) is 1.59. The Morgan fingerprint density at radius 2 is 0.659 bits per heavy atom. The Hall–Kier alpha value is -2.44. The summed E-state index contributed by atoms with van der Waals surface area (Å²) in [5.41, 5.74) is 0. The Bertz CT molecular complexity index is 2220. The van der Waals surface area contributed by atoms with Gasteiger partial charge in [-0.05, 0) is 219 Å². The van der Waals surface area contributed by atoms with Gasteiger partial charge < -0.3 is 56.8 Å². The smallest absolute Gasteiger partial charge is 0.306 e. The molecule has 14 fully saturated rings. The second-order valence-electron chi connectivity index (χ2n) is 31.3. The molecule has 0 aromatic rings. The monoisotopic (exact) mass is 1240 g/mol. The first-order valence-corrected chi connectivity index (χ1v) is 36.0. The van der Waals surface area contributed by atoms with Crippen LogP contribution in [0.1, 0.15) is 184 Å². The van der Waals surface area contributed by atoms with E-state index in [0.29, 0.717) is 118 Å². The third-order valence-corrected chi connectivity index (χ3v) is 27.1. The molecule has 0 N–H and O–H groups in total. The molecule has 28 unspecified atom stereocenters. The van der Waals surface area contributed by atoms with Gasteiger partial charge in [0, 0.05) is 25.7 Å². The first-order chi connectivity index (χ1) is 42.6. The van der Waals surface area contributed by atoms with Gasteiger partial charge in [0.15, 0.2) is 0 Å². The Labute approximate surface area is 528 Å². The van der Waals surface area contributed by atoms with E-state index in [0.717, 1.165) is 149 Å². The lowest BCUT2D eigenvalue weighted by atomic mass is 9.62. The highest BCUT2D eigenvalue weighted by atomic mass is 16.7. The van der Waals surface area contributed by atoms with Crippen molar-refractivity contribution in [1.82, 2.24) is 0 Å². The molecule has 10 aliphatic carbocycles. The molecular formula is C72H116O16. The van der Waals surface area contributed by atoms with Crippen LogP contribution in [-0.2, 0) is 76.0 Å². The van der Waals surface area contributed by atoms with Crippen LogP contribution in [0.4, 0.5) is 0 Å². The van der Waals surface area contributed by atoms with Gasteiger partial charge in [-0.15, -0.1) is 0 Å². The number of esters is 4. The predicted octanol–water partition coefficient (Wildman–Crippen LogP) is 12.5. The maximum absolute atomic E-state index is 12.3. The number of unbranched alkanes of at least 4 members (excludes halogenated alkanes) is 3. The van der Waals surface area contributed by atoms with Crippen molar-refractivity contribution < 1.29 is 76.0 Å². The van der Waals surface area contributed by atoms with Gasteiger partial charge in [0.05, 0.1) is 26.4 Å². The van der Waals surface area contributed by atoms with Crippen molar-refractivity contribution in [2.45, 2.75) is 208 Å². The Balaban J connectivity index is 0.000000122. The maximum Gasteiger partial charge on any atom is 0.306 e. The SMILES string of the molecule is CC1C(C)C2CC1C1C3CC(CC(=O)OCC4COCO4)C(C3)C21.CC1C2CC(CC(=O)OCC3COCO3)C(C2)C1C.CC1C2CC(CCCC(=O)OCC3COCO3)C(C2)C1C.CC1C2CC(CCCCCCC(=O)OCC3COCO3)C(C2)C1C. The van der Waals surface area contributed by atoms with Gasteiger partial charge in [-0.1, -0.05) is 81.1 Å². The molecule has 4 aliphatic heterocycles. The highest BCUT2D eigenvalue weighted by molar-refractivity contribution is 5.70. The van der Waals surface area contributed by atoms with E-state index in [1.54, 1.807) is 0 Å². The lowest BCUT2D eigenvalue weighted by Gasteiger charge is -2.43. The normalized spacial score (nSPS) is 44.8. The van der Waals surface area contributed by atoms with Crippen LogP contribution in [0.15, 0.2) is 0 Å². The second-order valence-corrected chi connectivity index (χ2v) is 31.3. The topological polar surface area (TPSA) is 179 Å². The minimum Gasteiger partial charge on any atom is -0.463 e. The number of fused-ring (bicyclic) bond motifs is 15. The van der Waals surface area contributed by atoms with Gasteiger partial charge in [0.1, 0.15) is 78.0 Å². The van der Waals surface area contributed by atoms with Crippen LogP contribution in [-0.4, -0.2) is 128 Å². The van der Waals surface area contributed by atoms with Gasteiger partial charge in [-0.3, -0.25) is 19.2 Å². The van der Waals surface area contributed by atoms with E-state index in [9.17, 15) is 19.2 Å². The molecule has 0 aromatic heterocycles. The fourth-order valence-electron chi connectivity index (χ4n) is 21.6. The fraction of sp³-hybridized carbons (Fsp3) is 0.944. The number of carbonyl (C=O) groups excluding carboxylic acids is 4. The summed E-state index contributed by atoms with van der Waals surface area (Å²) in [5.74, 6) is 20.7. The highest BCUT2D eigenvalue weighted by Gasteiger charge is 2.66. The van der Waals surface area contributed by atoms with Crippen molar-refractivity contribution in [2.24, 2.45) is 142 Å². The summed E-state index contributed by atoms with van der Waals surface area (Å²) in [6.45, 7) is 24.2. The van der Waals surface area contributed by atoms with Crippen molar-refractivity contribution >= 4 is 23.9 Å². The molecule has 0 amide bonds. The van der Waals surface area contributed by atoms with Crippen molar-refractivity contribution in [3.05, 3.63) is 0 Å². The van der Waals surface area contributed by atoms with Gasteiger partial charge in [-0.25, -0.2) is 0 Å². The number of ether oxygens (including phenoxy) is 12. The molecule has 500 valence electrons. The summed E-state index contributed by atoms with van der Waals surface area (Å²) < 4.78 is 62.7. The summed E-state index contributed by atoms with van der Waals surface area (Å²) in [5, 5.41) is 0. The maximum atomic E-state index is 12.3.